The number of H-pyrrole nitrogens is 1. The van der Waals surface area contributed by atoms with Gasteiger partial charge in [0.15, 0.2) is 5.78 Å². The smallest absolute Gasteiger partial charge is 0.286 e. The molecule has 4 heteroatoms. The fourth-order valence-electron chi connectivity index (χ4n) is 3.39. The van der Waals surface area contributed by atoms with E-state index in [2.05, 4.69) is 16.8 Å². The van der Waals surface area contributed by atoms with E-state index in [9.17, 15) is 4.79 Å². The third kappa shape index (κ3) is 2.22. The van der Waals surface area contributed by atoms with Crippen molar-refractivity contribution >= 4 is 11.6 Å². The number of hydrogen-bond acceptors (Lipinski definition) is 3. The SMILES string of the molecule is CCC(=O)c1c(N2CCOCC2)[nH+]c(C)c2c1CCC2. The van der Waals surface area contributed by atoms with Gasteiger partial charge in [0.2, 0.25) is 0 Å². The van der Waals surface area contributed by atoms with Gasteiger partial charge in [-0.2, -0.15) is 0 Å². The summed E-state index contributed by atoms with van der Waals surface area (Å²) in [6, 6.07) is 0. The molecule has 4 nitrogen and oxygen atoms in total. The number of rotatable bonds is 3. The van der Waals surface area contributed by atoms with Crippen molar-refractivity contribution in [3.8, 4) is 0 Å². The Hall–Kier alpha value is -1.42. The number of aromatic nitrogens is 1. The highest BCUT2D eigenvalue weighted by Gasteiger charge is 2.32. The van der Waals surface area contributed by atoms with Gasteiger partial charge in [-0.15, -0.1) is 0 Å². The minimum absolute atomic E-state index is 0.265. The van der Waals surface area contributed by atoms with Gasteiger partial charge in [0.05, 0.1) is 13.2 Å². The lowest BCUT2D eigenvalue weighted by Gasteiger charge is -2.24. The van der Waals surface area contributed by atoms with Crippen molar-refractivity contribution in [2.45, 2.75) is 39.5 Å². The van der Waals surface area contributed by atoms with Crippen LogP contribution in [0.3, 0.4) is 0 Å². The number of carbonyl (C=O) groups excluding carboxylic acids is 1. The maximum absolute atomic E-state index is 12.5. The molecule has 1 aliphatic carbocycles. The molecule has 2 aliphatic rings. The zero-order valence-corrected chi connectivity index (χ0v) is 12.4. The number of Topliss-reactive ketones (excluding diaryl/α,β-unsaturated/α-hetero) is 1. The van der Waals surface area contributed by atoms with E-state index in [1.165, 1.54) is 23.2 Å². The van der Waals surface area contributed by atoms with Gasteiger partial charge in [-0.05, 0) is 37.3 Å². The van der Waals surface area contributed by atoms with Crippen LogP contribution in [0.5, 0.6) is 0 Å². The highest BCUT2D eigenvalue weighted by Crippen LogP contribution is 2.32. The summed E-state index contributed by atoms with van der Waals surface area (Å²) in [5.41, 5.74) is 4.85. The predicted octanol–water partition coefficient (Wildman–Crippen LogP) is 1.73. The van der Waals surface area contributed by atoms with Crippen LogP contribution in [-0.2, 0) is 17.6 Å². The van der Waals surface area contributed by atoms with Crippen LogP contribution in [0.1, 0.15) is 46.9 Å². The summed E-state index contributed by atoms with van der Waals surface area (Å²) in [4.78, 5) is 18.3. The van der Waals surface area contributed by atoms with E-state index >= 15 is 0 Å². The summed E-state index contributed by atoms with van der Waals surface area (Å²) in [7, 11) is 0. The van der Waals surface area contributed by atoms with Gasteiger partial charge in [-0.25, -0.2) is 4.98 Å². The summed E-state index contributed by atoms with van der Waals surface area (Å²) in [5.74, 6) is 1.29. The Morgan fingerprint density at radius 3 is 2.65 bits per heavy atom. The van der Waals surface area contributed by atoms with E-state index in [1.54, 1.807) is 0 Å². The number of morpholine rings is 1. The Kier molecular flexibility index (Phi) is 3.74. The third-order valence-corrected chi connectivity index (χ3v) is 4.44. The number of aryl methyl sites for hydroxylation is 1. The number of carbonyl (C=O) groups is 1. The summed E-state index contributed by atoms with van der Waals surface area (Å²) in [6.45, 7) is 7.28. The second-order valence-corrected chi connectivity index (χ2v) is 5.66. The van der Waals surface area contributed by atoms with Crippen LogP contribution in [-0.4, -0.2) is 32.1 Å². The van der Waals surface area contributed by atoms with Crippen LogP contribution in [0.15, 0.2) is 0 Å². The standard InChI is InChI=1S/C16H22N2O2/c1-3-14(19)15-13-6-4-5-12(13)11(2)17-16(15)18-7-9-20-10-8-18/h3-10H2,1-2H3/p+1. The number of anilines is 1. The van der Waals surface area contributed by atoms with Gasteiger partial charge in [-0.1, -0.05) is 6.92 Å². The number of nitrogens with zero attached hydrogens (tertiary/aromatic N) is 1. The molecule has 1 fully saturated rings. The molecule has 0 aromatic carbocycles. The monoisotopic (exact) mass is 275 g/mol. The Morgan fingerprint density at radius 2 is 1.95 bits per heavy atom. The van der Waals surface area contributed by atoms with Crippen LogP contribution in [0.25, 0.3) is 0 Å². The van der Waals surface area contributed by atoms with Crippen molar-refractivity contribution in [2.75, 3.05) is 31.2 Å². The summed E-state index contributed by atoms with van der Waals surface area (Å²) >= 11 is 0. The number of aromatic amines is 1. The lowest BCUT2D eigenvalue weighted by Crippen LogP contribution is -2.41. The normalized spacial score (nSPS) is 18.2. The number of nitrogens with one attached hydrogen (secondary N) is 1. The fourth-order valence-corrected chi connectivity index (χ4v) is 3.39. The molecule has 20 heavy (non-hydrogen) atoms. The van der Waals surface area contributed by atoms with Crippen LogP contribution in [0.4, 0.5) is 5.82 Å². The zero-order chi connectivity index (χ0) is 14.1. The third-order valence-electron chi connectivity index (χ3n) is 4.44. The van der Waals surface area contributed by atoms with Crippen LogP contribution in [0.2, 0.25) is 0 Å². The molecule has 0 bridgehead atoms. The molecule has 0 saturated carbocycles. The van der Waals surface area contributed by atoms with E-state index in [0.717, 1.165) is 50.5 Å². The molecular weight excluding hydrogens is 252 g/mol. The van der Waals surface area contributed by atoms with Gasteiger partial charge in [0, 0.05) is 6.42 Å². The van der Waals surface area contributed by atoms with Crippen molar-refractivity contribution < 1.29 is 14.5 Å². The topological polar surface area (TPSA) is 43.7 Å². The quantitative estimate of drug-likeness (QED) is 0.789. The van der Waals surface area contributed by atoms with E-state index in [-0.39, 0.29) is 5.78 Å². The Morgan fingerprint density at radius 1 is 1.25 bits per heavy atom. The van der Waals surface area contributed by atoms with E-state index in [4.69, 9.17) is 4.74 Å². The first-order valence-electron chi connectivity index (χ1n) is 7.66. The Labute approximate surface area is 120 Å². The predicted molar refractivity (Wildman–Crippen MR) is 77.4 cm³/mol. The molecule has 1 saturated heterocycles. The number of ether oxygens (including phenoxy) is 1. The maximum Gasteiger partial charge on any atom is 0.286 e. The van der Waals surface area contributed by atoms with Crippen molar-refractivity contribution in [3.63, 3.8) is 0 Å². The van der Waals surface area contributed by atoms with E-state index in [0.29, 0.717) is 6.42 Å². The highest BCUT2D eigenvalue weighted by molar-refractivity contribution is 6.01. The van der Waals surface area contributed by atoms with Gasteiger partial charge in [0.1, 0.15) is 24.3 Å². The van der Waals surface area contributed by atoms with Gasteiger partial charge < -0.3 is 4.74 Å². The van der Waals surface area contributed by atoms with Crippen molar-refractivity contribution in [2.24, 2.45) is 0 Å². The molecule has 1 aliphatic heterocycles. The van der Waals surface area contributed by atoms with E-state index < -0.39 is 0 Å². The average Bonchev–Trinajstić information content (AvgIpc) is 2.97. The average molecular weight is 275 g/mol. The Bertz CT molecular complexity index is 534. The van der Waals surface area contributed by atoms with Crippen molar-refractivity contribution in [1.29, 1.82) is 0 Å². The summed E-state index contributed by atoms with van der Waals surface area (Å²) in [5, 5.41) is 0. The summed E-state index contributed by atoms with van der Waals surface area (Å²) in [6.07, 6.45) is 3.88. The fraction of sp³-hybridized carbons (Fsp3) is 0.625. The maximum atomic E-state index is 12.5. The van der Waals surface area contributed by atoms with Crippen LogP contribution >= 0.6 is 0 Å². The van der Waals surface area contributed by atoms with Gasteiger partial charge in [0.25, 0.3) is 5.82 Å². The lowest BCUT2D eigenvalue weighted by atomic mass is 9.98. The number of hydrogen-bond donors (Lipinski definition) is 0. The molecule has 0 radical (unpaired) electrons. The first-order chi connectivity index (χ1) is 9.72. The molecule has 3 rings (SSSR count). The largest absolute Gasteiger partial charge is 0.373 e. The molecule has 0 unspecified atom stereocenters. The minimum Gasteiger partial charge on any atom is -0.373 e. The second kappa shape index (κ2) is 5.52. The molecule has 0 atom stereocenters. The van der Waals surface area contributed by atoms with Gasteiger partial charge in [-0.3, -0.25) is 9.69 Å². The zero-order valence-electron chi connectivity index (χ0n) is 12.4. The van der Waals surface area contributed by atoms with Gasteiger partial charge >= 0.3 is 0 Å². The van der Waals surface area contributed by atoms with Crippen molar-refractivity contribution in [1.82, 2.24) is 0 Å². The molecule has 1 aromatic heterocycles. The molecule has 1 N–H and O–H groups in total. The molecule has 1 aromatic rings. The second-order valence-electron chi connectivity index (χ2n) is 5.66. The first kappa shape index (κ1) is 13.6. The van der Waals surface area contributed by atoms with Crippen LogP contribution in [0, 0.1) is 6.92 Å². The van der Waals surface area contributed by atoms with Crippen LogP contribution < -0.4 is 9.88 Å². The molecule has 108 valence electrons. The number of pyridine rings is 1. The molecule has 2 heterocycles. The first-order valence-corrected chi connectivity index (χ1v) is 7.66. The number of fused-ring (bicyclic) bond motifs is 1. The molecule has 0 spiro atoms. The molecule has 0 amide bonds. The number of ketones is 1. The summed E-state index contributed by atoms with van der Waals surface area (Å²) < 4.78 is 5.43. The van der Waals surface area contributed by atoms with E-state index in [1.807, 2.05) is 6.92 Å². The molecular formula is C16H23N2O2+. The minimum atomic E-state index is 0.265. The lowest BCUT2D eigenvalue weighted by molar-refractivity contribution is -0.375. The highest BCUT2D eigenvalue weighted by atomic mass is 16.5. The Balaban J connectivity index is 2.12. The van der Waals surface area contributed by atoms with Crippen molar-refractivity contribution in [3.05, 3.63) is 22.4 Å².